The Kier molecular flexibility index (Phi) is 2.19. The van der Waals surface area contributed by atoms with E-state index in [0.29, 0.717) is 5.12 Å². The Labute approximate surface area is 66.7 Å². The van der Waals surface area contributed by atoms with Gasteiger partial charge in [-0.15, -0.1) is 0 Å². The van der Waals surface area contributed by atoms with E-state index in [1.54, 1.807) is 0 Å². The van der Waals surface area contributed by atoms with Crippen molar-refractivity contribution >= 4 is 39.5 Å². The predicted octanol–water partition coefficient (Wildman–Crippen LogP) is 1.51. The first-order valence-corrected chi connectivity index (χ1v) is 4.58. The Morgan fingerprint density at radius 2 is 2.62 bits per heavy atom. The summed E-state index contributed by atoms with van der Waals surface area (Å²) in [5.74, 6) is 1.23. The maximum atomic E-state index is 10.6. The van der Waals surface area contributed by atoms with Gasteiger partial charge in [-0.25, -0.2) is 0 Å². The van der Waals surface area contributed by atoms with Gasteiger partial charge in [0, 0.05) is 15.6 Å². The zero-order valence-electron chi connectivity index (χ0n) is 4.26. The minimum absolute atomic E-state index is 0.251. The van der Waals surface area contributed by atoms with E-state index in [9.17, 15) is 4.79 Å². The van der Waals surface area contributed by atoms with Crippen LogP contribution in [-0.2, 0) is 4.79 Å². The zero-order chi connectivity index (χ0) is 6.15. The lowest BCUT2D eigenvalue weighted by atomic mass is 10.1. The van der Waals surface area contributed by atoms with Gasteiger partial charge in [0.15, 0.2) is 5.12 Å². The molecule has 1 heterocycles. The first-order chi connectivity index (χ1) is 3.72. The lowest BCUT2D eigenvalue weighted by molar-refractivity contribution is -0.114. The SMILES string of the molecule is [CH2]C(I)C1CSC1=O. The molecule has 0 aromatic carbocycles. The van der Waals surface area contributed by atoms with Crippen LogP contribution in [0.3, 0.4) is 0 Å². The van der Waals surface area contributed by atoms with Crippen LogP contribution >= 0.6 is 34.4 Å². The molecule has 1 rings (SSSR count). The Bertz CT molecular complexity index is 113. The van der Waals surface area contributed by atoms with Gasteiger partial charge in [-0.1, -0.05) is 34.4 Å². The Hall–Kier alpha value is 0.750. The highest BCUT2D eigenvalue weighted by Gasteiger charge is 2.32. The fourth-order valence-corrected chi connectivity index (χ4v) is 2.56. The topological polar surface area (TPSA) is 17.1 Å². The number of hydrogen-bond acceptors (Lipinski definition) is 2. The summed E-state index contributed by atoms with van der Waals surface area (Å²) in [6.45, 7) is 3.76. The largest absolute Gasteiger partial charge is 0.287 e. The molecule has 0 amide bonds. The van der Waals surface area contributed by atoms with E-state index in [-0.39, 0.29) is 9.84 Å². The molecule has 1 aliphatic heterocycles. The molecule has 0 saturated carbocycles. The molecule has 3 heteroatoms. The molecule has 0 aromatic heterocycles. The van der Waals surface area contributed by atoms with Crippen LogP contribution in [0.1, 0.15) is 0 Å². The number of rotatable bonds is 1. The average Bonchev–Trinajstić information content (AvgIpc) is 1.61. The summed E-state index contributed by atoms with van der Waals surface area (Å²) in [7, 11) is 0. The molecule has 0 spiro atoms. The van der Waals surface area contributed by atoms with E-state index in [1.165, 1.54) is 11.8 Å². The first-order valence-electron chi connectivity index (χ1n) is 2.35. The molecule has 0 bridgehead atoms. The molecule has 0 aliphatic carbocycles. The quantitative estimate of drug-likeness (QED) is 0.511. The predicted molar refractivity (Wildman–Crippen MR) is 44.1 cm³/mol. The fraction of sp³-hybridized carbons (Fsp3) is 0.600. The minimum atomic E-state index is 0.251. The Balaban J connectivity index is 2.37. The van der Waals surface area contributed by atoms with Crippen molar-refractivity contribution in [3.8, 4) is 0 Å². The van der Waals surface area contributed by atoms with E-state index >= 15 is 0 Å². The number of hydrogen-bond donors (Lipinski definition) is 0. The molecule has 2 atom stereocenters. The third kappa shape index (κ3) is 1.18. The number of carbonyl (C=O) groups is 1. The maximum absolute atomic E-state index is 10.6. The molecule has 0 aromatic rings. The van der Waals surface area contributed by atoms with Crippen LogP contribution in [0, 0.1) is 12.8 Å². The van der Waals surface area contributed by atoms with Crippen molar-refractivity contribution in [1.29, 1.82) is 0 Å². The molecule has 2 unspecified atom stereocenters. The van der Waals surface area contributed by atoms with Crippen molar-refractivity contribution in [2.75, 3.05) is 5.75 Å². The normalized spacial score (nSPS) is 31.8. The summed E-state index contributed by atoms with van der Waals surface area (Å²) in [4.78, 5) is 10.6. The van der Waals surface area contributed by atoms with Crippen molar-refractivity contribution in [3.63, 3.8) is 0 Å². The Morgan fingerprint density at radius 1 is 2.00 bits per heavy atom. The summed E-state index contributed by atoms with van der Waals surface area (Å²) in [5, 5.41) is 0.319. The zero-order valence-corrected chi connectivity index (χ0v) is 7.24. The van der Waals surface area contributed by atoms with E-state index in [0.717, 1.165) is 5.75 Å². The summed E-state index contributed by atoms with van der Waals surface area (Å²) in [6, 6.07) is 0. The van der Waals surface area contributed by atoms with Crippen LogP contribution in [-0.4, -0.2) is 14.8 Å². The second-order valence-corrected chi connectivity index (χ2v) is 4.38. The molecule has 1 aliphatic rings. The second-order valence-electron chi connectivity index (χ2n) is 1.75. The minimum Gasteiger partial charge on any atom is -0.287 e. The first kappa shape index (κ1) is 6.86. The van der Waals surface area contributed by atoms with Crippen LogP contribution in [0.15, 0.2) is 0 Å². The van der Waals surface area contributed by atoms with Gasteiger partial charge in [0.1, 0.15) is 0 Å². The monoisotopic (exact) mass is 241 g/mol. The van der Waals surface area contributed by atoms with Crippen LogP contribution in [0.25, 0.3) is 0 Å². The molecular formula is C5H6IOS. The van der Waals surface area contributed by atoms with E-state index in [4.69, 9.17) is 0 Å². The molecule has 1 fully saturated rings. The van der Waals surface area contributed by atoms with Gasteiger partial charge >= 0.3 is 0 Å². The van der Waals surface area contributed by atoms with E-state index in [2.05, 4.69) is 29.5 Å². The molecule has 0 N–H and O–H groups in total. The standard InChI is InChI=1S/C5H6IOS/c1-3(6)4-2-8-5(4)7/h3-4H,1-2H2. The Morgan fingerprint density at radius 3 is 2.62 bits per heavy atom. The molecule has 1 saturated heterocycles. The van der Waals surface area contributed by atoms with Crippen molar-refractivity contribution < 1.29 is 4.79 Å². The lowest BCUT2D eigenvalue weighted by Crippen LogP contribution is -2.31. The van der Waals surface area contributed by atoms with Crippen molar-refractivity contribution in [1.82, 2.24) is 0 Å². The van der Waals surface area contributed by atoms with Gasteiger partial charge in [0.2, 0.25) is 0 Å². The van der Waals surface area contributed by atoms with Gasteiger partial charge in [0.05, 0.1) is 0 Å². The van der Waals surface area contributed by atoms with Crippen LogP contribution in [0.4, 0.5) is 0 Å². The van der Waals surface area contributed by atoms with Crippen LogP contribution in [0.5, 0.6) is 0 Å². The highest BCUT2D eigenvalue weighted by atomic mass is 127. The van der Waals surface area contributed by atoms with Gasteiger partial charge < -0.3 is 0 Å². The number of halogens is 1. The highest BCUT2D eigenvalue weighted by Crippen LogP contribution is 2.32. The number of alkyl halides is 1. The highest BCUT2D eigenvalue weighted by molar-refractivity contribution is 14.1. The van der Waals surface area contributed by atoms with E-state index < -0.39 is 0 Å². The third-order valence-corrected chi connectivity index (χ3v) is 3.13. The molecule has 1 nitrogen and oxygen atoms in total. The van der Waals surface area contributed by atoms with Crippen LogP contribution < -0.4 is 0 Å². The van der Waals surface area contributed by atoms with Gasteiger partial charge in [-0.05, 0) is 6.92 Å². The maximum Gasteiger partial charge on any atom is 0.193 e. The van der Waals surface area contributed by atoms with Gasteiger partial charge in [0.25, 0.3) is 0 Å². The summed E-state index contributed by atoms with van der Waals surface area (Å²) < 4.78 is 0.279. The smallest absolute Gasteiger partial charge is 0.193 e. The molecule has 8 heavy (non-hydrogen) atoms. The summed E-state index contributed by atoms with van der Waals surface area (Å²) >= 11 is 3.60. The van der Waals surface area contributed by atoms with Gasteiger partial charge in [-0.3, -0.25) is 4.79 Å². The van der Waals surface area contributed by atoms with E-state index in [1.807, 2.05) is 0 Å². The molecule has 1 radical (unpaired) electrons. The average molecular weight is 241 g/mol. The summed E-state index contributed by atoms with van der Waals surface area (Å²) in [6.07, 6.45) is 0. The summed E-state index contributed by atoms with van der Waals surface area (Å²) in [5.41, 5.74) is 0. The molecular weight excluding hydrogens is 235 g/mol. The van der Waals surface area contributed by atoms with Crippen molar-refractivity contribution in [2.45, 2.75) is 3.92 Å². The molecule has 45 valence electrons. The van der Waals surface area contributed by atoms with Crippen molar-refractivity contribution in [2.24, 2.45) is 5.92 Å². The van der Waals surface area contributed by atoms with Crippen molar-refractivity contribution in [3.05, 3.63) is 6.92 Å². The van der Waals surface area contributed by atoms with Gasteiger partial charge in [-0.2, -0.15) is 0 Å². The van der Waals surface area contributed by atoms with Crippen LogP contribution in [0.2, 0.25) is 0 Å². The third-order valence-electron chi connectivity index (χ3n) is 1.14. The lowest BCUT2D eigenvalue weighted by Gasteiger charge is -2.24. The number of carbonyl (C=O) groups excluding carboxylic acids is 1. The number of thioether (sulfide) groups is 1. The fourth-order valence-electron chi connectivity index (χ4n) is 0.500. The second kappa shape index (κ2) is 2.56.